The van der Waals surface area contributed by atoms with Crippen LogP contribution >= 0.6 is 0 Å². The molecule has 2 rings (SSSR count). The number of nitrogens with one attached hydrogen (secondary N) is 1. The van der Waals surface area contributed by atoms with Crippen LogP contribution in [0.3, 0.4) is 0 Å². The van der Waals surface area contributed by atoms with Gasteiger partial charge in [-0.2, -0.15) is 0 Å². The number of benzene rings is 1. The molecule has 0 bridgehead atoms. The Morgan fingerprint density at radius 2 is 2.00 bits per heavy atom. The summed E-state index contributed by atoms with van der Waals surface area (Å²) < 4.78 is 35.9. The predicted octanol–water partition coefficient (Wildman–Crippen LogP) is 1.42. The molecule has 1 N–H and O–H groups in total. The van der Waals surface area contributed by atoms with Crippen molar-refractivity contribution < 1.29 is 27.8 Å². The SMILES string of the molecule is O=C(COC(=O)c1cc(F)cc(F)c1)NCC1CCCO1. The van der Waals surface area contributed by atoms with Crippen LogP contribution in [0, 0.1) is 11.6 Å². The van der Waals surface area contributed by atoms with Crippen molar-refractivity contribution in [3.8, 4) is 0 Å². The fraction of sp³-hybridized carbons (Fsp3) is 0.429. The Balaban J connectivity index is 1.76. The van der Waals surface area contributed by atoms with Crippen molar-refractivity contribution in [2.75, 3.05) is 19.8 Å². The van der Waals surface area contributed by atoms with Gasteiger partial charge >= 0.3 is 5.97 Å². The lowest BCUT2D eigenvalue weighted by molar-refractivity contribution is -0.124. The maximum absolute atomic E-state index is 12.9. The van der Waals surface area contributed by atoms with E-state index in [1.807, 2.05) is 0 Å². The summed E-state index contributed by atoms with van der Waals surface area (Å²) in [6, 6.07) is 2.33. The van der Waals surface area contributed by atoms with Gasteiger partial charge in [0, 0.05) is 19.2 Å². The molecule has 1 aliphatic rings. The minimum absolute atomic E-state index is 0.0121. The molecule has 0 aliphatic carbocycles. The monoisotopic (exact) mass is 299 g/mol. The van der Waals surface area contributed by atoms with Crippen LogP contribution in [0.1, 0.15) is 23.2 Å². The number of hydrogen-bond acceptors (Lipinski definition) is 4. The molecule has 1 heterocycles. The van der Waals surface area contributed by atoms with Crippen LogP contribution in [0.25, 0.3) is 0 Å². The van der Waals surface area contributed by atoms with E-state index in [1.165, 1.54) is 0 Å². The van der Waals surface area contributed by atoms with Crippen molar-refractivity contribution in [3.63, 3.8) is 0 Å². The largest absolute Gasteiger partial charge is 0.452 e. The third kappa shape index (κ3) is 4.78. The van der Waals surface area contributed by atoms with Gasteiger partial charge in [-0.1, -0.05) is 0 Å². The number of hydrogen-bond donors (Lipinski definition) is 1. The van der Waals surface area contributed by atoms with Crippen molar-refractivity contribution >= 4 is 11.9 Å². The van der Waals surface area contributed by atoms with Crippen LogP contribution in [0.2, 0.25) is 0 Å². The van der Waals surface area contributed by atoms with E-state index in [0.717, 1.165) is 25.0 Å². The number of rotatable bonds is 5. The minimum Gasteiger partial charge on any atom is -0.452 e. The molecule has 7 heteroatoms. The number of halogens is 2. The van der Waals surface area contributed by atoms with Crippen molar-refractivity contribution in [1.29, 1.82) is 0 Å². The lowest BCUT2D eigenvalue weighted by atomic mass is 10.2. The quantitative estimate of drug-likeness (QED) is 0.835. The van der Waals surface area contributed by atoms with Crippen LogP contribution in [0.15, 0.2) is 18.2 Å². The summed E-state index contributed by atoms with van der Waals surface area (Å²) in [6.07, 6.45) is 1.82. The van der Waals surface area contributed by atoms with E-state index in [0.29, 0.717) is 19.2 Å². The average molecular weight is 299 g/mol. The second-order valence-electron chi connectivity index (χ2n) is 4.67. The molecule has 0 aromatic heterocycles. The van der Waals surface area contributed by atoms with E-state index in [-0.39, 0.29) is 11.7 Å². The van der Waals surface area contributed by atoms with Crippen LogP contribution in [-0.4, -0.2) is 37.7 Å². The van der Waals surface area contributed by atoms with Crippen LogP contribution in [0.4, 0.5) is 8.78 Å². The molecule has 1 aromatic rings. The summed E-state index contributed by atoms with van der Waals surface area (Å²) in [5.41, 5.74) is -0.278. The van der Waals surface area contributed by atoms with Crippen molar-refractivity contribution in [2.24, 2.45) is 0 Å². The molecule has 1 unspecified atom stereocenters. The first-order chi connectivity index (χ1) is 10.0. The van der Waals surface area contributed by atoms with Crippen molar-refractivity contribution in [3.05, 3.63) is 35.4 Å². The van der Waals surface area contributed by atoms with Gasteiger partial charge in [-0.25, -0.2) is 13.6 Å². The molecule has 21 heavy (non-hydrogen) atoms. The van der Waals surface area contributed by atoms with E-state index in [4.69, 9.17) is 4.74 Å². The van der Waals surface area contributed by atoms with Crippen molar-refractivity contribution in [1.82, 2.24) is 5.32 Å². The highest BCUT2D eigenvalue weighted by molar-refractivity contribution is 5.91. The zero-order valence-electron chi connectivity index (χ0n) is 11.2. The van der Waals surface area contributed by atoms with Gasteiger partial charge in [0.25, 0.3) is 5.91 Å². The number of esters is 1. The third-order valence-corrected chi connectivity index (χ3v) is 2.98. The summed E-state index contributed by atoms with van der Waals surface area (Å²) in [7, 11) is 0. The maximum Gasteiger partial charge on any atom is 0.338 e. The Kier molecular flexibility index (Phi) is 5.21. The van der Waals surface area contributed by atoms with Gasteiger partial charge in [-0.05, 0) is 25.0 Å². The van der Waals surface area contributed by atoms with Gasteiger partial charge in [-0.15, -0.1) is 0 Å². The van der Waals surface area contributed by atoms with Crippen LogP contribution in [0.5, 0.6) is 0 Å². The Bertz CT molecular complexity index is 509. The van der Waals surface area contributed by atoms with Gasteiger partial charge in [0.2, 0.25) is 0 Å². The summed E-state index contributed by atoms with van der Waals surface area (Å²) >= 11 is 0. The number of ether oxygens (including phenoxy) is 2. The van der Waals surface area contributed by atoms with Gasteiger partial charge < -0.3 is 14.8 Å². The molecule has 0 radical (unpaired) electrons. The predicted molar refractivity (Wildman–Crippen MR) is 68.6 cm³/mol. The highest BCUT2D eigenvalue weighted by atomic mass is 19.1. The number of carbonyl (C=O) groups excluding carboxylic acids is 2. The van der Waals surface area contributed by atoms with Crippen LogP contribution in [-0.2, 0) is 14.3 Å². The molecule has 5 nitrogen and oxygen atoms in total. The van der Waals surface area contributed by atoms with Crippen LogP contribution < -0.4 is 5.32 Å². The molecular weight excluding hydrogens is 284 g/mol. The summed E-state index contributed by atoms with van der Waals surface area (Å²) in [5.74, 6) is -3.22. The van der Waals surface area contributed by atoms with E-state index >= 15 is 0 Å². The Labute approximate surface area is 120 Å². The minimum atomic E-state index is -0.958. The highest BCUT2D eigenvalue weighted by Crippen LogP contribution is 2.11. The normalized spacial score (nSPS) is 17.5. The van der Waals surface area contributed by atoms with Gasteiger partial charge in [0.15, 0.2) is 6.61 Å². The van der Waals surface area contributed by atoms with E-state index in [2.05, 4.69) is 10.1 Å². The van der Waals surface area contributed by atoms with Gasteiger partial charge in [0.05, 0.1) is 11.7 Å². The molecule has 1 fully saturated rings. The molecule has 1 amide bonds. The number of carbonyl (C=O) groups is 2. The maximum atomic E-state index is 12.9. The molecule has 1 aliphatic heterocycles. The van der Waals surface area contributed by atoms with Gasteiger partial charge in [0.1, 0.15) is 11.6 Å². The average Bonchev–Trinajstić information content (AvgIpc) is 2.94. The second-order valence-corrected chi connectivity index (χ2v) is 4.67. The summed E-state index contributed by atoms with van der Waals surface area (Å²) in [4.78, 5) is 23.0. The van der Waals surface area contributed by atoms with E-state index in [9.17, 15) is 18.4 Å². The molecule has 1 saturated heterocycles. The molecule has 0 saturated carbocycles. The van der Waals surface area contributed by atoms with E-state index < -0.39 is 30.1 Å². The first-order valence-electron chi connectivity index (χ1n) is 6.56. The zero-order valence-corrected chi connectivity index (χ0v) is 11.2. The fourth-order valence-corrected chi connectivity index (χ4v) is 1.97. The first kappa shape index (κ1) is 15.4. The third-order valence-electron chi connectivity index (χ3n) is 2.98. The lowest BCUT2D eigenvalue weighted by Crippen LogP contribution is -2.34. The summed E-state index contributed by atoms with van der Waals surface area (Å²) in [6.45, 7) is 0.523. The second kappa shape index (κ2) is 7.12. The van der Waals surface area contributed by atoms with Gasteiger partial charge in [-0.3, -0.25) is 4.79 Å². The van der Waals surface area contributed by atoms with E-state index in [1.54, 1.807) is 0 Å². The molecule has 0 spiro atoms. The lowest BCUT2D eigenvalue weighted by Gasteiger charge is -2.11. The molecule has 1 atom stereocenters. The Morgan fingerprint density at radius 3 is 2.62 bits per heavy atom. The topological polar surface area (TPSA) is 64.6 Å². The molecular formula is C14H15F2NO4. The smallest absolute Gasteiger partial charge is 0.338 e. The summed E-state index contributed by atoms with van der Waals surface area (Å²) in [5, 5.41) is 2.56. The van der Waals surface area contributed by atoms with Crippen molar-refractivity contribution in [2.45, 2.75) is 18.9 Å². The molecule has 1 aromatic carbocycles. The standard InChI is InChI=1S/C14H15F2NO4/c15-10-4-9(5-11(16)6-10)14(19)21-8-13(18)17-7-12-2-1-3-20-12/h4-6,12H,1-3,7-8H2,(H,17,18). The zero-order chi connectivity index (χ0) is 15.2. The fourth-order valence-electron chi connectivity index (χ4n) is 1.97. The highest BCUT2D eigenvalue weighted by Gasteiger charge is 2.17. The molecule has 114 valence electrons. The Hall–Kier alpha value is -2.02. The Morgan fingerprint density at radius 1 is 1.29 bits per heavy atom. The first-order valence-corrected chi connectivity index (χ1v) is 6.56. The number of amides is 1.